The van der Waals surface area contributed by atoms with E-state index < -0.39 is 17.3 Å². The third kappa shape index (κ3) is 4.00. The van der Waals surface area contributed by atoms with Crippen LogP contribution in [-0.4, -0.2) is 37.3 Å². The van der Waals surface area contributed by atoms with E-state index in [1.807, 2.05) is 6.07 Å². The average molecular weight is 445 g/mol. The van der Waals surface area contributed by atoms with Gasteiger partial charge in [-0.15, -0.1) is 0 Å². The molecule has 0 bridgehead atoms. The Morgan fingerprint density at radius 2 is 2.26 bits per heavy atom. The zero-order valence-electron chi connectivity index (χ0n) is 17.3. The van der Waals surface area contributed by atoms with Crippen molar-refractivity contribution < 1.29 is 23.2 Å². The van der Waals surface area contributed by atoms with Crippen molar-refractivity contribution in [2.45, 2.75) is 30.1 Å². The van der Waals surface area contributed by atoms with Gasteiger partial charge in [-0.1, -0.05) is 6.07 Å². The summed E-state index contributed by atoms with van der Waals surface area (Å²) in [4.78, 5) is 13.1. The van der Waals surface area contributed by atoms with E-state index in [9.17, 15) is 13.7 Å². The molecule has 5 rings (SSSR count). The zero-order chi connectivity index (χ0) is 21.5. The summed E-state index contributed by atoms with van der Waals surface area (Å²) in [6.07, 6.45) is 2.71. The fourth-order valence-corrected chi connectivity index (χ4v) is 5.73. The van der Waals surface area contributed by atoms with Crippen molar-refractivity contribution >= 4 is 23.0 Å². The smallest absolute Gasteiger partial charge is 0.343 e. The first-order chi connectivity index (χ1) is 15.0. The molecule has 2 aliphatic heterocycles. The number of carbonyl (C=O) groups excluding carboxylic acids is 1. The van der Waals surface area contributed by atoms with Gasteiger partial charge in [0, 0.05) is 11.5 Å². The Labute approximate surface area is 183 Å². The number of hydrogen-bond donors (Lipinski definition) is 2. The lowest BCUT2D eigenvalue weighted by Gasteiger charge is -2.22. The van der Waals surface area contributed by atoms with Crippen molar-refractivity contribution in [1.29, 1.82) is 0 Å². The molecule has 164 valence electrons. The van der Waals surface area contributed by atoms with E-state index in [-0.39, 0.29) is 11.4 Å². The molecule has 2 N–H and O–H groups in total. The van der Waals surface area contributed by atoms with Crippen LogP contribution in [0.25, 0.3) is 0 Å². The predicted molar refractivity (Wildman–Crippen MR) is 115 cm³/mol. The fourth-order valence-electron chi connectivity index (χ4n) is 4.68. The number of hydrogen-bond acceptors (Lipinski definition) is 6. The number of benzene rings is 2. The molecular weight excluding hydrogens is 419 g/mol. The van der Waals surface area contributed by atoms with Gasteiger partial charge in [0.05, 0.1) is 13.7 Å². The van der Waals surface area contributed by atoms with Gasteiger partial charge in [-0.25, -0.2) is 13.9 Å². The quantitative estimate of drug-likeness (QED) is 0.525. The van der Waals surface area contributed by atoms with Gasteiger partial charge in [0.2, 0.25) is 0 Å². The maximum atomic E-state index is 13.9. The van der Waals surface area contributed by atoms with Crippen LogP contribution in [0.15, 0.2) is 35.2 Å². The number of carbonyl (C=O) groups is 1. The Bertz CT molecular complexity index is 1010. The molecule has 4 atom stereocenters. The van der Waals surface area contributed by atoms with Crippen molar-refractivity contribution in [3.05, 3.63) is 52.8 Å². The summed E-state index contributed by atoms with van der Waals surface area (Å²) >= 11 is -1.68. The topological polar surface area (TPSA) is 82.7 Å². The van der Waals surface area contributed by atoms with Crippen molar-refractivity contribution in [1.82, 2.24) is 5.32 Å². The highest BCUT2D eigenvalue weighted by atomic mass is 32.2. The van der Waals surface area contributed by atoms with E-state index in [1.165, 1.54) is 19.2 Å². The second-order valence-corrected chi connectivity index (χ2v) is 9.68. The molecule has 0 amide bonds. The molecule has 8 heteroatoms. The van der Waals surface area contributed by atoms with Gasteiger partial charge in [0.25, 0.3) is 0 Å². The van der Waals surface area contributed by atoms with E-state index in [0.29, 0.717) is 52.7 Å². The van der Waals surface area contributed by atoms with Crippen LogP contribution in [0.2, 0.25) is 0 Å². The van der Waals surface area contributed by atoms with Crippen LogP contribution >= 0.6 is 0 Å². The van der Waals surface area contributed by atoms with Crippen LogP contribution in [0.5, 0.6) is 5.75 Å². The molecule has 1 aliphatic carbocycles. The van der Waals surface area contributed by atoms with E-state index >= 15 is 0 Å². The third-order valence-electron chi connectivity index (χ3n) is 6.44. The van der Waals surface area contributed by atoms with Crippen LogP contribution in [0, 0.1) is 17.7 Å². The van der Waals surface area contributed by atoms with Gasteiger partial charge in [0.1, 0.15) is 34.2 Å². The highest BCUT2D eigenvalue weighted by Gasteiger charge is 2.45. The number of ether oxygens (including phenoxy) is 2. The molecule has 2 aromatic rings. The van der Waals surface area contributed by atoms with Crippen LogP contribution in [0.4, 0.5) is 10.1 Å². The van der Waals surface area contributed by atoms with Crippen LogP contribution in [0.3, 0.4) is 0 Å². The average Bonchev–Trinajstić information content (AvgIpc) is 3.40. The molecule has 3 aliphatic rings. The summed E-state index contributed by atoms with van der Waals surface area (Å²) in [7, 11) is 1.32. The largest absolute Gasteiger partial charge is 0.588 e. The molecular formula is C23H25FN2O4S. The molecule has 2 fully saturated rings. The molecule has 1 saturated heterocycles. The number of anilines is 1. The Morgan fingerprint density at radius 1 is 1.39 bits per heavy atom. The number of rotatable bonds is 6. The van der Waals surface area contributed by atoms with Gasteiger partial charge < -0.3 is 19.3 Å². The van der Waals surface area contributed by atoms with Gasteiger partial charge in [-0.3, -0.25) is 0 Å². The highest BCUT2D eigenvalue weighted by Crippen LogP contribution is 2.55. The third-order valence-corrected chi connectivity index (χ3v) is 7.64. The Kier molecular flexibility index (Phi) is 5.54. The number of halogens is 1. The summed E-state index contributed by atoms with van der Waals surface area (Å²) in [5.41, 5.74) is 2.38. The normalized spacial score (nSPS) is 24.5. The fraction of sp³-hybridized carbons (Fsp3) is 0.435. The van der Waals surface area contributed by atoms with Gasteiger partial charge in [-0.05, 0) is 74.0 Å². The number of fused-ring (bicyclic) bond motifs is 3. The molecule has 1 unspecified atom stereocenters. The molecule has 0 radical (unpaired) electrons. The van der Waals surface area contributed by atoms with Crippen molar-refractivity contribution in [2.24, 2.45) is 11.8 Å². The minimum atomic E-state index is -1.68. The lowest BCUT2D eigenvalue weighted by atomic mass is 9.98. The molecule has 31 heavy (non-hydrogen) atoms. The first-order valence-corrected chi connectivity index (χ1v) is 11.8. The lowest BCUT2D eigenvalue weighted by Crippen LogP contribution is -2.21. The predicted octanol–water partition coefficient (Wildman–Crippen LogP) is 3.39. The van der Waals surface area contributed by atoms with Crippen molar-refractivity contribution in [3.8, 4) is 5.75 Å². The van der Waals surface area contributed by atoms with Crippen molar-refractivity contribution in [2.75, 3.05) is 31.5 Å². The molecule has 1 saturated carbocycles. The van der Waals surface area contributed by atoms with Crippen LogP contribution < -0.4 is 14.8 Å². The lowest BCUT2D eigenvalue weighted by molar-refractivity contribution is 0.0596. The maximum absolute atomic E-state index is 13.9. The SMILES string of the molecule is COC(=O)c1c(N[S+]([O-])c2ccc(F)cc2C[C@@H]2CCNC2)ccc2c1OC[C@@H]1C[C@H]21. The summed E-state index contributed by atoms with van der Waals surface area (Å²) in [5.74, 6) is 0.939. The number of esters is 1. The zero-order valence-corrected chi connectivity index (χ0v) is 18.1. The monoisotopic (exact) mass is 444 g/mol. The minimum Gasteiger partial charge on any atom is -0.588 e. The van der Waals surface area contributed by atoms with E-state index in [4.69, 9.17) is 9.47 Å². The molecule has 0 aromatic heterocycles. The Morgan fingerprint density at radius 3 is 3.03 bits per heavy atom. The van der Waals surface area contributed by atoms with Crippen LogP contribution in [-0.2, 0) is 22.5 Å². The molecule has 6 nitrogen and oxygen atoms in total. The summed E-state index contributed by atoms with van der Waals surface area (Å²) in [5, 5.41) is 3.31. The summed E-state index contributed by atoms with van der Waals surface area (Å²) in [6.45, 7) is 2.38. The Hall–Kier alpha value is -2.29. The molecule has 2 heterocycles. The van der Waals surface area contributed by atoms with Gasteiger partial charge >= 0.3 is 5.97 Å². The van der Waals surface area contributed by atoms with Crippen LogP contribution in [0.1, 0.15) is 40.2 Å². The highest BCUT2D eigenvalue weighted by molar-refractivity contribution is 7.92. The van der Waals surface area contributed by atoms with E-state index in [1.54, 1.807) is 12.1 Å². The van der Waals surface area contributed by atoms with E-state index in [0.717, 1.165) is 31.5 Å². The van der Waals surface area contributed by atoms with Crippen molar-refractivity contribution in [3.63, 3.8) is 0 Å². The first kappa shape index (κ1) is 20.6. The van der Waals surface area contributed by atoms with E-state index in [2.05, 4.69) is 10.0 Å². The summed E-state index contributed by atoms with van der Waals surface area (Å²) in [6, 6.07) is 8.02. The second kappa shape index (κ2) is 8.33. The van der Waals surface area contributed by atoms with Gasteiger partial charge in [0.15, 0.2) is 4.90 Å². The number of methoxy groups -OCH3 is 1. The second-order valence-electron chi connectivity index (χ2n) is 8.50. The standard InChI is InChI=1S/C23H25FN2O4S/c1-29-23(27)21-19(4-3-17-18-10-15(18)12-30-22(17)21)26-31(28)20-5-2-16(24)9-14(20)8-13-6-7-25-11-13/h2-5,9,13,15,18,25-26H,6-8,10-12H2,1H3/t13-,15-,18-,31?/m0/s1. The van der Waals surface area contributed by atoms with Gasteiger partial charge in [-0.2, -0.15) is 0 Å². The molecule has 2 aromatic carbocycles. The summed E-state index contributed by atoms with van der Waals surface area (Å²) < 4.78 is 41.1. The Balaban J connectivity index is 1.45. The maximum Gasteiger partial charge on any atom is 0.343 e. The minimum absolute atomic E-state index is 0.266. The first-order valence-electron chi connectivity index (χ1n) is 10.6. The molecule has 0 spiro atoms. The number of nitrogens with one attached hydrogen (secondary N) is 2.